The minimum Gasteiger partial charge on any atom is -0.455 e. The van der Waals surface area contributed by atoms with Crippen LogP contribution in [-0.2, 0) is 4.74 Å². The fourth-order valence-corrected chi connectivity index (χ4v) is 2.01. The van der Waals surface area contributed by atoms with E-state index in [4.69, 9.17) is 4.74 Å². The van der Waals surface area contributed by atoms with E-state index < -0.39 is 33.3 Å². The lowest BCUT2D eigenvalue weighted by Crippen LogP contribution is -2.18. The first-order valence-electron chi connectivity index (χ1n) is 6.29. The number of benzene rings is 1. The molecular formula is C13H12N2O6. The van der Waals surface area contributed by atoms with Crippen molar-refractivity contribution in [3.8, 4) is 0 Å². The molecule has 0 heterocycles. The molecule has 1 aliphatic rings. The van der Waals surface area contributed by atoms with Crippen LogP contribution in [0, 0.1) is 20.2 Å². The zero-order valence-corrected chi connectivity index (χ0v) is 10.9. The summed E-state index contributed by atoms with van der Waals surface area (Å²) < 4.78 is 5.18. The van der Waals surface area contributed by atoms with Gasteiger partial charge in [0.1, 0.15) is 6.10 Å². The van der Waals surface area contributed by atoms with Gasteiger partial charge in [0.15, 0.2) is 0 Å². The molecule has 0 bridgehead atoms. The molecule has 0 amide bonds. The molecular weight excluding hydrogens is 280 g/mol. The zero-order chi connectivity index (χ0) is 15.4. The Morgan fingerprint density at radius 3 is 2.24 bits per heavy atom. The number of hydrogen-bond donors (Lipinski definition) is 0. The van der Waals surface area contributed by atoms with E-state index in [2.05, 4.69) is 0 Å². The third-order valence-corrected chi connectivity index (χ3v) is 3.03. The van der Waals surface area contributed by atoms with Gasteiger partial charge in [0.05, 0.1) is 21.5 Å². The third kappa shape index (κ3) is 3.62. The molecule has 1 atom stereocenters. The van der Waals surface area contributed by atoms with Crippen molar-refractivity contribution in [2.45, 2.75) is 25.4 Å². The number of hydrogen-bond acceptors (Lipinski definition) is 6. The number of carbonyl (C=O) groups excluding carboxylic acids is 1. The first-order valence-corrected chi connectivity index (χ1v) is 6.29. The van der Waals surface area contributed by atoms with Crippen LogP contribution in [0.3, 0.4) is 0 Å². The van der Waals surface area contributed by atoms with Gasteiger partial charge >= 0.3 is 5.97 Å². The molecule has 0 saturated carbocycles. The van der Waals surface area contributed by atoms with Gasteiger partial charge in [0, 0.05) is 12.1 Å². The first-order chi connectivity index (χ1) is 9.97. The van der Waals surface area contributed by atoms with Crippen LogP contribution in [0.15, 0.2) is 30.4 Å². The summed E-state index contributed by atoms with van der Waals surface area (Å²) in [5.74, 6) is -0.807. The Hall–Kier alpha value is -2.77. The number of non-ortho nitro benzene ring substituents is 2. The second kappa shape index (κ2) is 6.12. The molecule has 1 aliphatic carbocycles. The van der Waals surface area contributed by atoms with E-state index in [0.29, 0.717) is 6.42 Å². The number of nitro groups is 2. The Morgan fingerprint density at radius 1 is 1.14 bits per heavy atom. The standard InChI is InChI=1S/C13H12N2O6/c16-13(21-12-4-2-1-3-5-12)9-6-10(14(17)18)8-11(7-9)15(19)20/h2,4,6-8,12H,1,3,5H2/t12-/m1/s1. The Bertz CT molecular complexity index is 593. The summed E-state index contributed by atoms with van der Waals surface area (Å²) in [5, 5.41) is 21.5. The summed E-state index contributed by atoms with van der Waals surface area (Å²) >= 11 is 0. The van der Waals surface area contributed by atoms with Crippen molar-refractivity contribution in [3.05, 3.63) is 56.1 Å². The predicted molar refractivity (Wildman–Crippen MR) is 71.9 cm³/mol. The smallest absolute Gasteiger partial charge is 0.339 e. The molecule has 0 aliphatic heterocycles. The highest BCUT2D eigenvalue weighted by atomic mass is 16.6. The van der Waals surface area contributed by atoms with E-state index in [-0.39, 0.29) is 5.56 Å². The Labute approximate surface area is 119 Å². The van der Waals surface area contributed by atoms with Gasteiger partial charge in [-0.15, -0.1) is 0 Å². The van der Waals surface area contributed by atoms with Crippen LogP contribution in [0.1, 0.15) is 29.6 Å². The zero-order valence-electron chi connectivity index (χ0n) is 10.9. The number of allylic oxidation sites excluding steroid dienone is 1. The molecule has 2 rings (SSSR count). The molecule has 8 heteroatoms. The average Bonchev–Trinajstić information content (AvgIpc) is 2.47. The number of nitro benzene ring substituents is 2. The van der Waals surface area contributed by atoms with E-state index in [0.717, 1.165) is 31.0 Å². The third-order valence-electron chi connectivity index (χ3n) is 3.03. The normalized spacial score (nSPS) is 17.2. The summed E-state index contributed by atoms with van der Waals surface area (Å²) in [6, 6.07) is 2.75. The maximum absolute atomic E-state index is 12.0. The van der Waals surface area contributed by atoms with Crippen molar-refractivity contribution in [3.63, 3.8) is 0 Å². The number of ether oxygens (including phenoxy) is 1. The van der Waals surface area contributed by atoms with Gasteiger partial charge in [-0.2, -0.15) is 0 Å². The quantitative estimate of drug-likeness (QED) is 0.365. The number of rotatable bonds is 4. The number of nitrogens with zero attached hydrogens (tertiary/aromatic N) is 2. The van der Waals surface area contributed by atoms with Gasteiger partial charge in [-0.05, 0) is 25.3 Å². The maximum atomic E-state index is 12.0. The minimum atomic E-state index is -0.807. The number of esters is 1. The maximum Gasteiger partial charge on any atom is 0.339 e. The fourth-order valence-electron chi connectivity index (χ4n) is 2.01. The lowest BCUT2D eigenvalue weighted by molar-refractivity contribution is -0.394. The molecule has 21 heavy (non-hydrogen) atoms. The van der Waals surface area contributed by atoms with Crippen LogP contribution in [0.2, 0.25) is 0 Å². The van der Waals surface area contributed by atoms with Crippen molar-refractivity contribution < 1.29 is 19.4 Å². The summed E-state index contributed by atoms with van der Waals surface area (Å²) in [6.07, 6.45) is 5.69. The Morgan fingerprint density at radius 2 is 1.76 bits per heavy atom. The van der Waals surface area contributed by atoms with E-state index >= 15 is 0 Å². The lowest BCUT2D eigenvalue weighted by Gasteiger charge is -2.16. The Balaban J connectivity index is 2.26. The van der Waals surface area contributed by atoms with Crippen LogP contribution in [0.25, 0.3) is 0 Å². The highest BCUT2D eigenvalue weighted by Gasteiger charge is 2.22. The van der Waals surface area contributed by atoms with Crippen molar-refractivity contribution >= 4 is 17.3 Å². The highest BCUT2D eigenvalue weighted by molar-refractivity contribution is 5.91. The van der Waals surface area contributed by atoms with Crippen LogP contribution in [0.5, 0.6) is 0 Å². The second-order valence-electron chi connectivity index (χ2n) is 4.56. The fraction of sp³-hybridized carbons (Fsp3) is 0.308. The minimum absolute atomic E-state index is 0.199. The molecule has 0 N–H and O–H groups in total. The molecule has 110 valence electrons. The second-order valence-corrected chi connectivity index (χ2v) is 4.56. The largest absolute Gasteiger partial charge is 0.455 e. The van der Waals surface area contributed by atoms with Gasteiger partial charge in [-0.3, -0.25) is 20.2 Å². The average molecular weight is 292 g/mol. The van der Waals surface area contributed by atoms with Gasteiger partial charge in [-0.1, -0.05) is 6.08 Å². The molecule has 0 spiro atoms. The first kappa shape index (κ1) is 14.6. The van der Waals surface area contributed by atoms with Gasteiger partial charge in [-0.25, -0.2) is 4.79 Å². The SMILES string of the molecule is O=C(O[C@@H]1C=CCCC1)c1cc([N+](=O)[O-])cc([N+](=O)[O-])c1. The van der Waals surface area contributed by atoms with Gasteiger partial charge in [0.2, 0.25) is 0 Å². The van der Waals surface area contributed by atoms with Crippen molar-refractivity contribution in [1.82, 2.24) is 0 Å². The predicted octanol–water partition coefficient (Wildman–Crippen LogP) is 2.77. The molecule has 8 nitrogen and oxygen atoms in total. The molecule has 1 aromatic carbocycles. The molecule has 0 unspecified atom stereocenters. The van der Waals surface area contributed by atoms with E-state index in [9.17, 15) is 25.0 Å². The van der Waals surface area contributed by atoms with Crippen molar-refractivity contribution in [2.24, 2.45) is 0 Å². The summed E-state index contributed by atoms with van der Waals surface area (Å²) in [5.41, 5.74) is -1.24. The monoisotopic (exact) mass is 292 g/mol. The van der Waals surface area contributed by atoms with Gasteiger partial charge < -0.3 is 4.74 Å². The molecule has 0 fully saturated rings. The van der Waals surface area contributed by atoms with Crippen LogP contribution in [-0.4, -0.2) is 21.9 Å². The van der Waals surface area contributed by atoms with Crippen LogP contribution in [0.4, 0.5) is 11.4 Å². The Kier molecular flexibility index (Phi) is 4.27. The molecule has 0 saturated heterocycles. The molecule has 0 aromatic heterocycles. The summed E-state index contributed by atoms with van der Waals surface area (Å²) in [6.45, 7) is 0. The van der Waals surface area contributed by atoms with E-state index in [1.807, 2.05) is 6.08 Å². The summed E-state index contributed by atoms with van der Waals surface area (Å²) in [4.78, 5) is 31.9. The topological polar surface area (TPSA) is 113 Å². The lowest BCUT2D eigenvalue weighted by atomic mass is 10.1. The number of carbonyl (C=O) groups is 1. The molecule has 0 radical (unpaired) electrons. The van der Waals surface area contributed by atoms with Gasteiger partial charge in [0.25, 0.3) is 11.4 Å². The van der Waals surface area contributed by atoms with Crippen LogP contribution >= 0.6 is 0 Å². The van der Waals surface area contributed by atoms with Crippen LogP contribution < -0.4 is 0 Å². The van der Waals surface area contributed by atoms with Crippen molar-refractivity contribution in [1.29, 1.82) is 0 Å². The van der Waals surface area contributed by atoms with E-state index in [1.165, 1.54) is 0 Å². The molecule has 1 aromatic rings. The van der Waals surface area contributed by atoms with Crippen molar-refractivity contribution in [2.75, 3.05) is 0 Å². The van der Waals surface area contributed by atoms with E-state index in [1.54, 1.807) is 6.08 Å². The highest BCUT2D eigenvalue weighted by Crippen LogP contribution is 2.24. The summed E-state index contributed by atoms with van der Waals surface area (Å²) in [7, 11) is 0.